The molecule has 27 heavy (non-hydrogen) atoms. The monoisotopic (exact) mass is 372 g/mol. The van der Waals surface area contributed by atoms with Crippen LogP contribution in [-0.4, -0.2) is 65.0 Å². The minimum atomic E-state index is -0.591. The summed E-state index contributed by atoms with van der Waals surface area (Å²) in [6.07, 6.45) is 1.27. The molecule has 3 N–H and O–H groups in total. The van der Waals surface area contributed by atoms with Crippen molar-refractivity contribution in [2.75, 3.05) is 19.6 Å². The fourth-order valence-electron chi connectivity index (χ4n) is 3.40. The Balaban J connectivity index is 1.48. The van der Waals surface area contributed by atoms with Gasteiger partial charge in [0.15, 0.2) is 0 Å². The van der Waals surface area contributed by atoms with E-state index in [2.05, 4.69) is 5.32 Å². The molecule has 0 aliphatic carbocycles. The molecule has 9 heteroatoms. The number of amides is 5. The second kappa shape index (κ2) is 7.56. The maximum absolute atomic E-state index is 12.2. The minimum Gasteiger partial charge on any atom is -0.368 e. The quantitative estimate of drug-likeness (QED) is 0.636. The third-order valence-corrected chi connectivity index (χ3v) is 4.74. The highest BCUT2D eigenvalue weighted by Gasteiger charge is 2.36. The molecule has 0 bridgehead atoms. The molecule has 0 saturated carbocycles. The number of imide groups is 1. The molecule has 1 fully saturated rings. The fraction of sp³-hybridized carbons (Fsp3) is 0.389. The van der Waals surface area contributed by atoms with Gasteiger partial charge in [0.1, 0.15) is 12.6 Å². The van der Waals surface area contributed by atoms with E-state index < -0.39 is 36.2 Å². The Morgan fingerprint density at radius 2 is 1.74 bits per heavy atom. The number of primary amides is 1. The van der Waals surface area contributed by atoms with E-state index in [1.165, 1.54) is 17.0 Å². The van der Waals surface area contributed by atoms with Gasteiger partial charge in [0.05, 0.1) is 11.1 Å². The number of hydrogen-bond donors (Lipinski definition) is 2. The van der Waals surface area contributed by atoms with Crippen molar-refractivity contribution in [2.45, 2.75) is 25.3 Å². The van der Waals surface area contributed by atoms with Gasteiger partial charge < -0.3 is 16.0 Å². The highest BCUT2D eigenvalue weighted by Crippen LogP contribution is 2.22. The summed E-state index contributed by atoms with van der Waals surface area (Å²) in [5.41, 5.74) is 5.83. The van der Waals surface area contributed by atoms with Crippen LogP contribution in [0.2, 0.25) is 0 Å². The molecule has 2 heterocycles. The van der Waals surface area contributed by atoms with Crippen LogP contribution < -0.4 is 11.1 Å². The van der Waals surface area contributed by atoms with E-state index >= 15 is 0 Å². The largest absolute Gasteiger partial charge is 0.368 e. The second-order valence-corrected chi connectivity index (χ2v) is 6.49. The van der Waals surface area contributed by atoms with Gasteiger partial charge in [0, 0.05) is 19.5 Å². The third kappa shape index (κ3) is 3.67. The first-order chi connectivity index (χ1) is 12.9. The van der Waals surface area contributed by atoms with Gasteiger partial charge in [-0.1, -0.05) is 12.1 Å². The van der Waals surface area contributed by atoms with Gasteiger partial charge in [0.25, 0.3) is 11.8 Å². The average molecular weight is 372 g/mol. The van der Waals surface area contributed by atoms with Crippen LogP contribution in [0.4, 0.5) is 0 Å². The lowest BCUT2D eigenvalue weighted by molar-refractivity contribution is -0.137. The van der Waals surface area contributed by atoms with Gasteiger partial charge >= 0.3 is 0 Å². The molecule has 0 spiro atoms. The van der Waals surface area contributed by atoms with E-state index in [1.807, 2.05) is 0 Å². The molecule has 1 aromatic carbocycles. The first-order valence-electron chi connectivity index (χ1n) is 8.71. The molecule has 1 saturated heterocycles. The van der Waals surface area contributed by atoms with Crippen molar-refractivity contribution in [2.24, 2.45) is 5.73 Å². The van der Waals surface area contributed by atoms with Gasteiger partial charge in [0.2, 0.25) is 17.7 Å². The highest BCUT2D eigenvalue weighted by molar-refractivity contribution is 6.22. The second-order valence-electron chi connectivity index (χ2n) is 6.49. The molecule has 1 aromatic rings. The lowest BCUT2D eigenvalue weighted by Crippen LogP contribution is -2.45. The summed E-state index contributed by atoms with van der Waals surface area (Å²) in [5, 5.41) is 2.53. The molecule has 3 rings (SSSR count). The Hall–Kier alpha value is -3.23. The summed E-state index contributed by atoms with van der Waals surface area (Å²) < 4.78 is 0. The van der Waals surface area contributed by atoms with E-state index in [0.29, 0.717) is 19.4 Å². The van der Waals surface area contributed by atoms with Crippen molar-refractivity contribution in [3.63, 3.8) is 0 Å². The van der Waals surface area contributed by atoms with Crippen LogP contribution in [-0.2, 0) is 14.4 Å². The number of nitrogens with zero attached hydrogens (tertiary/aromatic N) is 2. The SMILES string of the molecule is NC(=O)C1CCCN1C(=O)CCNC(=O)CN1C(=O)c2ccccc2C1=O. The predicted molar refractivity (Wildman–Crippen MR) is 93.4 cm³/mol. The van der Waals surface area contributed by atoms with Crippen LogP contribution in [0.25, 0.3) is 0 Å². The van der Waals surface area contributed by atoms with Crippen LogP contribution in [0.15, 0.2) is 24.3 Å². The molecule has 2 aliphatic rings. The summed E-state index contributed by atoms with van der Waals surface area (Å²) in [5.74, 6) is -2.36. The van der Waals surface area contributed by atoms with Crippen LogP contribution in [0.1, 0.15) is 40.0 Å². The van der Waals surface area contributed by atoms with Crippen molar-refractivity contribution in [1.29, 1.82) is 0 Å². The molecule has 1 atom stereocenters. The average Bonchev–Trinajstić information content (AvgIpc) is 3.22. The standard InChI is InChI=1S/C18H20N4O5/c19-16(25)13-6-3-9-21(13)15(24)7-8-20-14(23)10-22-17(26)11-4-1-2-5-12(11)18(22)27/h1-2,4-5,13H,3,6-10H2,(H2,19,25)(H,20,23). The number of likely N-dealkylation sites (tertiary alicyclic amines) is 1. The number of carbonyl (C=O) groups is 5. The third-order valence-electron chi connectivity index (χ3n) is 4.74. The summed E-state index contributed by atoms with van der Waals surface area (Å²) >= 11 is 0. The Morgan fingerprint density at radius 3 is 2.33 bits per heavy atom. The molecule has 0 aromatic heterocycles. The predicted octanol–water partition coefficient (Wildman–Crippen LogP) is -0.735. The van der Waals surface area contributed by atoms with Gasteiger partial charge in [-0.3, -0.25) is 28.9 Å². The lowest BCUT2D eigenvalue weighted by Gasteiger charge is -2.22. The Labute approximate surface area is 155 Å². The number of fused-ring (bicyclic) bond motifs is 1. The highest BCUT2D eigenvalue weighted by atomic mass is 16.2. The zero-order valence-corrected chi connectivity index (χ0v) is 14.6. The molecule has 2 aliphatic heterocycles. The van der Waals surface area contributed by atoms with E-state index in [9.17, 15) is 24.0 Å². The maximum Gasteiger partial charge on any atom is 0.262 e. The lowest BCUT2D eigenvalue weighted by atomic mass is 10.1. The van der Waals surface area contributed by atoms with Crippen LogP contribution in [0.3, 0.4) is 0 Å². The van der Waals surface area contributed by atoms with Crippen LogP contribution in [0, 0.1) is 0 Å². The van der Waals surface area contributed by atoms with Crippen molar-refractivity contribution < 1.29 is 24.0 Å². The number of nitrogens with one attached hydrogen (secondary N) is 1. The summed E-state index contributed by atoms with van der Waals surface area (Å²) in [6, 6.07) is 5.79. The van der Waals surface area contributed by atoms with E-state index in [0.717, 1.165) is 4.90 Å². The smallest absolute Gasteiger partial charge is 0.262 e. The topological polar surface area (TPSA) is 130 Å². The first-order valence-corrected chi connectivity index (χ1v) is 8.71. The summed E-state index contributed by atoms with van der Waals surface area (Å²) in [6.45, 7) is 0.104. The molecular weight excluding hydrogens is 352 g/mol. The van der Waals surface area contributed by atoms with Gasteiger partial charge in [-0.15, -0.1) is 0 Å². The number of benzene rings is 1. The summed E-state index contributed by atoms with van der Waals surface area (Å²) in [7, 11) is 0. The fourth-order valence-corrected chi connectivity index (χ4v) is 3.40. The van der Waals surface area contributed by atoms with Crippen molar-refractivity contribution in [3.05, 3.63) is 35.4 Å². The number of carbonyl (C=O) groups excluding carboxylic acids is 5. The van der Waals surface area contributed by atoms with Crippen molar-refractivity contribution in [1.82, 2.24) is 15.1 Å². The van der Waals surface area contributed by atoms with Gasteiger partial charge in [-0.2, -0.15) is 0 Å². The molecule has 142 valence electrons. The van der Waals surface area contributed by atoms with E-state index in [1.54, 1.807) is 12.1 Å². The van der Waals surface area contributed by atoms with Gasteiger partial charge in [-0.05, 0) is 25.0 Å². The molecule has 5 amide bonds. The zero-order chi connectivity index (χ0) is 19.6. The maximum atomic E-state index is 12.2. The Morgan fingerprint density at radius 1 is 1.11 bits per heavy atom. The molecule has 9 nitrogen and oxygen atoms in total. The van der Waals surface area contributed by atoms with Crippen molar-refractivity contribution >= 4 is 29.5 Å². The van der Waals surface area contributed by atoms with Crippen molar-refractivity contribution in [3.8, 4) is 0 Å². The normalized spacial score (nSPS) is 18.6. The summed E-state index contributed by atoms with van der Waals surface area (Å²) in [4.78, 5) is 62.3. The Kier molecular flexibility index (Phi) is 5.20. The minimum absolute atomic E-state index is 0.0115. The zero-order valence-electron chi connectivity index (χ0n) is 14.6. The van der Waals surface area contributed by atoms with Crippen LogP contribution >= 0.6 is 0 Å². The molecule has 1 unspecified atom stereocenters. The number of hydrogen-bond acceptors (Lipinski definition) is 5. The Bertz CT molecular complexity index is 787. The van der Waals surface area contributed by atoms with E-state index in [4.69, 9.17) is 5.73 Å². The van der Waals surface area contributed by atoms with E-state index in [-0.39, 0.29) is 30.0 Å². The van der Waals surface area contributed by atoms with Crippen LogP contribution in [0.5, 0.6) is 0 Å². The first kappa shape index (κ1) is 18.6. The molecule has 0 radical (unpaired) electrons. The number of nitrogens with two attached hydrogens (primary N) is 1. The van der Waals surface area contributed by atoms with Gasteiger partial charge in [-0.25, -0.2) is 0 Å². The number of rotatable bonds is 6. The molecular formula is C18H20N4O5.